The molecular weight excluding hydrogens is 347 g/mol. The number of nitrogens with one attached hydrogen (secondary N) is 1. The fourth-order valence-corrected chi connectivity index (χ4v) is 3.49. The second-order valence-electron chi connectivity index (χ2n) is 5.49. The van der Waals surface area contributed by atoms with Crippen molar-refractivity contribution in [2.45, 2.75) is 16.3 Å². The van der Waals surface area contributed by atoms with E-state index < -0.39 is 17.5 Å². The Morgan fingerprint density at radius 3 is 2.48 bits per heavy atom. The maximum atomic E-state index is 13.7. The summed E-state index contributed by atoms with van der Waals surface area (Å²) in [6.07, 6.45) is 0. The van der Waals surface area contributed by atoms with Crippen molar-refractivity contribution >= 4 is 17.4 Å². The maximum Gasteiger partial charge on any atom is 0.166 e. The molecule has 0 aromatic heterocycles. The van der Waals surface area contributed by atoms with E-state index in [0.717, 1.165) is 27.7 Å². The van der Waals surface area contributed by atoms with Crippen LogP contribution in [0, 0.1) is 17.5 Å². The number of halogens is 3. The van der Waals surface area contributed by atoms with E-state index in [9.17, 15) is 13.2 Å². The SMILES string of the molecule is Fc1ccc(F)c(CNc2ccc3c(c2)Oc2ccccc2S3)c1F. The first-order chi connectivity index (χ1) is 12.1. The van der Waals surface area contributed by atoms with Crippen LogP contribution in [-0.4, -0.2) is 0 Å². The number of hydrogen-bond donors (Lipinski definition) is 1. The third-order valence-electron chi connectivity index (χ3n) is 3.84. The van der Waals surface area contributed by atoms with Gasteiger partial charge in [0.25, 0.3) is 0 Å². The molecule has 2 nitrogen and oxygen atoms in total. The lowest BCUT2D eigenvalue weighted by molar-refractivity contribution is 0.455. The van der Waals surface area contributed by atoms with Gasteiger partial charge in [-0.15, -0.1) is 0 Å². The summed E-state index contributed by atoms with van der Waals surface area (Å²) >= 11 is 1.59. The molecule has 0 bridgehead atoms. The van der Waals surface area contributed by atoms with Gasteiger partial charge in [0.2, 0.25) is 0 Å². The van der Waals surface area contributed by atoms with Crippen molar-refractivity contribution in [3.63, 3.8) is 0 Å². The Kier molecular flexibility index (Phi) is 4.05. The van der Waals surface area contributed by atoms with Gasteiger partial charge in [0.15, 0.2) is 11.6 Å². The van der Waals surface area contributed by atoms with Gasteiger partial charge in [-0.1, -0.05) is 23.9 Å². The molecule has 0 unspecified atom stereocenters. The number of rotatable bonds is 3. The average Bonchev–Trinajstić information content (AvgIpc) is 2.63. The Morgan fingerprint density at radius 2 is 1.60 bits per heavy atom. The summed E-state index contributed by atoms with van der Waals surface area (Å²) in [6.45, 7) is -0.169. The zero-order valence-electron chi connectivity index (χ0n) is 12.9. The van der Waals surface area contributed by atoms with Crippen LogP contribution in [0.1, 0.15) is 5.56 Å². The van der Waals surface area contributed by atoms with E-state index >= 15 is 0 Å². The molecular formula is C19H12F3NOS. The zero-order chi connectivity index (χ0) is 17.4. The number of ether oxygens (including phenoxy) is 1. The first-order valence-corrected chi connectivity index (χ1v) is 8.38. The average molecular weight is 359 g/mol. The van der Waals surface area contributed by atoms with Crippen molar-refractivity contribution < 1.29 is 17.9 Å². The van der Waals surface area contributed by atoms with Gasteiger partial charge in [-0.2, -0.15) is 0 Å². The molecule has 0 fully saturated rings. The fraction of sp³-hybridized carbons (Fsp3) is 0.0526. The van der Waals surface area contributed by atoms with Crippen LogP contribution in [-0.2, 0) is 6.54 Å². The largest absolute Gasteiger partial charge is 0.455 e. The van der Waals surface area contributed by atoms with E-state index in [1.54, 1.807) is 23.9 Å². The van der Waals surface area contributed by atoms with Gasteiger partial charge in [-0.3, -0.25) is 0 Å². The van der Waals surface area contributed by atoms with Gasteiger partial charge in [0.05, 0.1) is 9.79 Å². The normalized spacial score (nSPS) is 12.1. The van der Waals surface area contributed by atoms with Crippen molar-refractivity contribution in [2.75, 3.05) is 5.32 Å². The molecule has 1 aliphatic rings. The number of hydrogen-bond acceptors (Lipinski definition) is 3. The molecule has 3 aromatic rings. The van der Waals surface area contributed by atoms with Crippen LogP contribution in [0.3, 0.4) is 0 Å². The Balaban J connectivity index is 1.55. The van der Waals surface area contributed by atoms with Crippen molar-refractivity contribution in [2.24, 2.45) is 0 Å². The predicted molar refractivity (Wildman–Crippen MR) is 90.7 cm³/mol. The molecule has 0 saturated carbocycles. The summed E-state index contributed by atoms with van der Waals surface area (Å²) in [5.74, 6) is -1.61. The van der Waals surface area contributed by atoms with Crippen LogP contribution in [0.25, 0.3) is 0 Å². The highest BCUT2D eigenvalue weighted by Gasteiger charge is 2.18. The minimum Gasteiger partial charge on any atom is -0.455 e. The summed E-state index contributed by atoms with van der Waals surface area (Å²) in [5.41, 5.74) is 0.292. The molecule has 3 aromatic carbocycles. The first-order valence-electron chi connectivity index (χ1n) is 7.57. The lowest BCUT2D eigenvalue weighted by atomic mass is 10.2. The number of fused-ring (bicyclic) bond motifs is 2. The minimum absolute atomic E-state index is 0.169. The standard InChI is InChI=1S/C19H12F3NOS/c20-13-6-7-14(21)19(22)12(13)10-23-11-5-8-18-16(9-11)24-15-3-1-2-4-17(15)25-18/h1-9,23H,10H2. The fourth-order valence-electron chi connectivity index (χ4n) is 2.56. The molecule has 0 amide bonds. The Hall–Kier alpha value is -2.60. The second kappa shape index (κ2) is 6.37. The lowest BCUT2D eigenvalue weighted by Crippen LogP contribution is -2.06. The van der Waals surface area contributed by atoms with E-state index in [0.29, 0.717) is 11.4 Å². The molecule has 0 saturated heterocycles. The van der Waals surface area contributed by atoms with E-state index in [-0.39, 0.29) is 12.1 Å². The molecule has 1 N–H and O–H groups in total. The second-order valence-corrected chi connectivity index (χ2v) is 6.57. The van der Waals surface area contributed by atoms with E-state index in [1.807, 2.05) is 30.3 Å². The number of para-hydroxylation sites is 1. The summed E-state index contributed by atoms with van der Waals surface area (Å²) < 4.78 is 46.5. The van der Waals surface area contributed by atoms with Crippen molar-refractivity contribution in [1.82, 2.24) is 0 Å². The van der Waals surface area contributed by atoms with Crippen molar-refractivity contribution in [3.8, 4) is 11.5 Å². The van der Waals surface area contributed by atoms with Crippen LogP contribution in [0.15, 0.2) is 64.4 Å². The Bertz CT molecular complexity index is 961. The minimum atomic E-state index is -1.17. The molecule has 25 heavy (non-hydrogen) atoms. The smallest absolute Gasteiger partial charge is 0.166 e. The Labute approximate surface area is 146 Å². The molecule has 1 heterocycles. The van der Waals surface area contributed by atoms with Gasteiger partial charge in [-0.05, 0) is 36.4 Å². The van der Waals surface area contributed by atoms with Crippen LogP contribution < -0.4 is 10.1 Å². The van der Waals surface area contributed by atoms with E-state index in [4.69, 9.17) is 4.74 Å². The van der Waals surface area contributed by atoms with E-state index in [1.165, 1.54) is 0 Å². The van der Waals surface area contributed by atoms with Crippen LogP contribution in [0.4, 0.5) is 18.9 Å². The molecule has 0 atom stereocenters. The third-order valence-corrected chi connectivity index (χ3v) is 4.96. The topological polar surface area (TPSA) is 21.3 Å². The summed E-state index contributed by atoms with van der Waals surface area (Å²) in [5, 5.41) is 2.91. The van der Waals surface area contributed by atoms with Crippen molar-refractivity contribution in [3.05, 3.63) is 77.6 Å². The highest BCUT2D eigenvalue weighted by atomic mass is 32.2. The molecule has 0 aliphatic carbocycles. The maximum absolute atomic E-state index is 13.7. The van der Waals surface area contributed by atoms with Crippen LogP contribution >= 0.6 is 11.8 Å². The van der Waals surface area contributed by atoms with Crippen LogP contribution in [0.2, 0.25) is 0 Å². The quantitative estimate of drug-likeness (QED) is 0.455. The molecule has 4 rings (SSSR count). The monoisotopic (exact) mass is 359 g/mol. The van der Waals surface area contributed by atoms with Gasteiger partial charge in [0.1, 0.15) is 17.3 Å². The molecule has 126 valence electrons. The first kappa shape index (κ1) is 15.9. The van der Waals surface area contributed by atoms with Crippen molar-refractivity contribution in [1.29, 1.82) is 0 Å². The summed E-state index contributed by atoms with van der Waals surface area (Å²) in [6, 6.07) is 14.8. The van der Waals surface area contributed by atoms with Crippen LogP contribution in [0.5, 0.6) is 11.5 Å². The van der Waals surface area contributed by atoms with Gasteiger partial charge < -0.3 is 10.1 Å². The molecule has 0 radical (unpaired) electrons. The van der Waals surface area contributed by atoms with Gasteiger partial charge >= 0.3 is 0 Å². The van der Waals surface area contributed by atoms with Gasteiger partial charge in [0, 0.05) is 23.9 Å². The Morgan fingerprint density at radius 1 is 0.840 bits per heavy atom. The summed E-state index contributed by atoms with van der Waals surface area (Å²) in [4.78, 5) is 1.98. The molecule has 6 heteroatoms. The number of benzene rings is 3. The highest BCUT2D eigenvalue weighted by molar-refractivity contribution is 7.99. The van der Waals surface area contributed by atoms with E-state index in [2.05, 4.69) is 5.32 Å². The molecule has 0 spiro atoms. The van der Waals surface area contributed by atoms with Gasteiger partial charge in [-0.25, -0.2) is 13.2 Å². The number of anilines is 1. The molecule has 1 aliphatic heterocycles. The lowest BCUT2D eigenvalue weighted by Gasteiger charge is -2.20. The summed E-state index contributed by atoms with van der Waals surface area (Å²) in [7, 11) is 0. The third kappa shape index (κ3) is 3.05. The highest BCUT2D eigenvalue weighted by Crippen LogP contribution is 2.47. The predicted octanol–water partition coefficient (Wildman–Crippen LogP) is 5.97. The zero-order valence-corrected chi connectivity index (χ0v) is 13.7.